The van der Waals surface area contributed by atoms with Crippen LogP contribution in [0.1, 0.15) is 19.4 Å². The summed E-state index contributed by atoms with van der Waals surface area (Å²) in [6, 6.07) is 5.01. The number of carboxylic acid groups (broad SMARTS) is 1. The number of hydrogen-bond acceptors (Lipinski definition) is 2. The van der Waals surface area contributed by atoms with Crippen molar-refractivity contribution in [2.24, 2.45) is 5.92 Å². The lowest BCUT2D eigenvalue weighted by Crippen LogP contribution is -2.40. The number of hydrogen-bond donors (Lipinski definition) is 2. The molecule has 0 heterocycles. The summed E-state index contributed by atoms with van der Waals surface area (Å²) in [5.74, 6) is -0.781. The second-order valence-electron chi connectivity index (χ2n) is 4.19. The fourth-order valence-corrected chi connectivity index (χ4v) is 2.03. The molecule has 0 unspecified atom stereocenters. The van der Waals surface area contributed by atoms with Crippen LogP contribution in [0.4, 0.5) is 0 Å². The Labute approximate surface area is 114 Å². The molecule has 1 aromatic carbocycles. The van der Waals surface area contributed by atoms with Crippen molar-refractivity contribution >= 4 is 33.5 Å². The quantitative estimate of drug-likeness (QED) is 0.875. The summed E-state index contributed by atoms with van der Waals surface area (Å²) in [4.78, 5) is 11.0. The largest absolute Gasteiger partial charge is 0.480 e. The molecule has 94 valence electrons. The number of aliphatic carboxylic acids is 1. The van der Waals surface area contributed by atoms with E-state index in [0.29, 0.717) is 11.6 Å². The van der Waals surface area contributed by atoms with Crippen molar-refractivity contribution in [3.63, 3.8) is 0 Å². The first-order chi connectivity index (χ1) is 7.91. The van der Waals surface area contributed by atoms with Crippen LogP contribution in [0.25, 0.3) is 0 Å². The molecular weight excluding hydrogens is 305 g/mol. The van der Waals surface area contributed by atoms with Crippen LogP contribution in [-0.2, 0) is 11.3 Å². The monoisotopic (exact) mass is 319 g/mol. The van der Waals surface area contributed by atoms with Gasteiger partial charge in [0.2, 0.25) is 0 Å². The third-order valence-electron chi connectivity index (χ3n) is 2.44. The Morgan fingerprint density at radius 1 is 1.53 bits per heavy atom. The number of carboxylic acids is 1. The van der Waals surface area contributed by atoms with Gasteiger partial charge in [0.1, 0.15) is 6.04 Å². The summed E-state index contributed by atoms with van der Waals surface area (Å²) in [7, 11) is 0. The zero-order valence-corrected chi connectivity index (χ0v) is 12.0. The Morgan fingerprint density at radius 3 is 2.65 bits per heavy atom. The lowest BCUT2D eigenvalue weighted by atomic mass is 10.0. The SMILES string of the molecule is CC(C)[C@H](NCc1ccc(Cl)c(Br)c1)C(=O)O. The van der Waals surface area contributed by atoms with Gasteiger partial charge in [0.05, 0.1) is 5.02 Å². The molecule has 0 spiro atoms. The molecule has 1 aromatic rings. The summed E-state index contributed by atoms with van der Waals surface area (Å²) in [6.45, 7) is 4.26. The van der Waals surface area contributed by atoms with Gasteiger partial charge in [-0.05, 0) is 39.5 Å². The van der Waals surface area contributed by atoms with Gasteiger partial charge in [0.25, 0.3) is 0 Å². The average Bonchev–Trinajstić information content (AvgIpc) is 2.22. The number of halogens is 2. The van der Waals surface area contributed by atoms with Crippen LogP contribution in [0.5, 0.6) is 0 Å². The zero-order chi connectivity index (χ0) is 13.0. The smallest absolute Gasteiger partial charge is 0.320 e. The molecule has 1 atom stereocenters. The minimum atomic E-state index is -0.826. The van der Waals surface area contributed by atoms with Gasteiger partial charge in [0.15, 0.2) is 0 Å². The van der Waals surface area contributed by atoms with E-state index in [1.807, 2.05) is 26.0 Å². The van der Waals surface area contributed by atoms with Gasteiger partial charge in [-0.15, -0.1) is 0 Å². The molecule has 3 nitrogen and oxygen atoms in total. The maximum Gasteiger partial charge on any atom is 0.320 e. The lowest BCUT2D eigenvalue weighted by Gasteiger charge is -2.18. The van der Waals surface area contributed by atoms with Crippen LogP contribution >= 0.6 is 27.5 Å². The van der Waals surface area contributed by atoms with Gasteiger partial charge < -0.3 is 10.4 Å². The van der Waals surface area contributed by atoms with E-state index in [2.05, 4.69) is 21.2 Å². The normalized spacial score (nSPS) is 12.8. The van der Waals surface area contributed by atoms with Crippen molar-refractivity contribution < 1.29 is 9.90 Å². The van der Waals surface area contributed by atoms with Crippen LogP contribution in [-0.4, -0.2) is 17.1 Å². The van der Waals surface area contributed by atoms with Gasteiger partial charge in [-0.2, -0.15) is 0 Å². The van der Waals surface area contributed by atoms with E-state index in [4.69, 9.17) is 16.7 Å². The Balaban J connectivity index is 2.65. The fraction of sp³-hybridized carbons (Fsp3) is 0.417. The zero-order valence-electron chi connectivity index (χ0n) is 9.71. The molecule has 0 radical (unpaired) electrons. The summed E-state index contributed by atoms with van der Waals surface area (Å²) in [6.07, 6.45) is 0. The summed E-state index contributed by atoms with van der Waals surface area (Å²) in [5, 5.41) is 12.7. The summed E-state index contributed by atoms with van der Waals surface area (Å²) < 4.78 is 0.815. The van der Waals surface area contributed by atoms with E-state index in [9.17, 15) is 4.79 Å². The number of nitrogens with one attached hydrogen (secondary N) is 1. The predicted molar refractivity (Wildman–Crippen MR) is 72.3 cm³/mol. The first-order valence-corrected chi connectivity index (χ1v) is 6.49. The topological polar surface area (TPSA) is 49.3 Å². The molecule has 0 amide bonds. The predicted octanol–water partition coefficient (Wildman–Crippen LogP) is 3.30. The molecule has 0 saturated heterocycles. The van der Waals surface area contributed by atoms with Crippen LogP contribution in [0.2, 0.25) is 5.02 Å². The van der Waals surface area contributed by atoms with Crippen LogP contribution in [0.3, 0.4) is 0 Å². The highest BCUT2D eigenvalue weighted by Crippen LogP contribution is 2.23. The molecule has 0 saturated carbocycles. The lowest BCUT2D eigenvalue weighted by molar-refractivity contribution is -0.140. The fourth-order valence-electron chi connectivity index (χ4n) is 1.49. The van der Waals surface area contributed by atoms with Crippen LogP contribution in [0.15, 0.2) is 22.7 Å². The molecule has 0 fully saturated rings. The first kappa shape index (κ1) is 14.5. The van der Waals surface area contributed by atoms with Crippen molar-refractivity contribution in [2.75, 3.05) is 0 Å². The molecule has 0 aliphatic carbocycles. The van der Waals surface area contributed by atoms with E-state index in [-0.39, 0.29) is 5.92 Å². The molecule has 0 bridgehead atoms. The minimum Gasteiger partial charge on any atom is -0.480 e. The number of carbonyl (C=O) groups is 1. The average molecular weight is 321 g/mol. The van der Waals surface area contributed by atoms with E-state index < -0.39 is 12.0 Å². The Morgan fingerprint density at radius 2 is 2.18 bits per heavy atom. The number of rotatable bonds is 5. The molecule has 1 rings (SSSR count). The van der Waals surface area contributed by atoms with Crippen molar-refractivity contribution in [3.8, 4) is 0 Å². The van der Waals surface area contributed by atoms with Gasteiger partial charge in [0, 0.05) is 11.0 Å². The van der Waals surface area contributed by atoms with Gasteiger partial charge >= 0.3 is 5.97 Å². The van der Waals surface area contributed by atoms with E-state index in [0.717, 1.165) is 10.0 Å². The molecular formula is C12H15BrClNO2. The minimum absolute atomic E-state index is 0.0447. The highest BCUT2D eigenvalue weighted by molar-refractivity contribution is 9.10. The van der Waals surface area contributed by atoms with E-state index >= 15 is 0 Å². The molecule has 2 N–H and O–H groups in total. The highest BCUT2D eigenvalue weighted by atomic mass is 79.9. The highest BCUT2D eigenvalue weighted by Gasteiger charge is 2.20. The van der Waals surface area contributed by atoms with Crippen LogP contribution < -0.4 is 5.32 Å². The second-order valence-corrected chi connectivity index (χ2v) is 5.45. The Bertz CT molecular complexity index is 409. The van der Waals surface area contributed by atoms with Gasteiger partial charge in [-0.3, -0.25) is 4.79 Å². The standard InChI is InChI=1S/C12H15BrClNO2/c1-7(2)11(12(16)17)15-6-8-3-4-10(14)9(13)5-8/h3-5,7,11,15H,6H2,1-2H3,(H,16,17)/t11-/m0/s1. The Hall–Kier alpha value is -0.580. The van der Waals surface area contributed by atoms with Crippen LogP contribution in [0, 0.1) is 5.92 Å². The maximum atomic E-state index is 11.0. The number of benzene rings is 1. The van der Waals surface area contributed by atoms with Gasteiger partial charge in [-0.1, -0.05) is 31.5 Å². The van der Waals surface area contributed by atoms with Gasteiger partial charge in [-0.25, -0.2) is 0 Å². The third kappa shape index (κ3) is 4.30. The van der Waals surface area contributed by atoms with Crippen molar-refractivity contribution in [1.82, 2.24) is 5.32 Å². The first-order valence-electron chi connectivity index (χ1n) is 5.32. The Kier molecular flexibility index (Phi) is 5.43. The summed E-state index contributed by atoms with van der Waals surface area (Å²) >= 11 is 9.22. The molecule has 17 heavy (non-hydrogen) atoms. The van der Waals surface area contributed by atoms with E-state index in [1.54, 1.807) is 6.07 Å². The molecule has 0 aromatic heterocycles. The summed E-state index contributed by atoms with van der Waals surface area (Å²) in [5.41, 5.74) is 0.994. The molecule has 5 heteroatoms. The van der Waals surface area contributed by atoms with Crippen molar-refractivity contribution in [2.45, 2.75) is 26.4 Å². The maximum absolute atomic E-state index is 11.0. The van der Waals surface area contributed by atoms with Crippen molar-refractivity contribution in [3.05, 3.63) is 33.3 Å². The molecule has 0 aliphatic heterocycles. The third-order valence-corrected chi connectivity index (χ3v) is 3.66. The van der Waals surface area contributed by atoms with Crippen molar-refractivity contribution in [1.29, 1.82) is 0 Å². The second kappa shape index (κ2) is 6.38. The molecule has 0 aliphatic rings. The van der Waals surface area contributed by atoms with E-state index in [1.165, 1.54) is 0 Å².